The number of anilines is 1. The predicted molar refractivity (Wildman–Crippen MR) is 110 cm³/mol. The number of aliphatic carboxylic acids is 1. The second-order valence-corrected chi connectivity index (χ2v) is 8.38. The van der Waals surface area contributed by atoms with E-state index in [0.717, 1.165) is 31.9 Å². The molecule has 156 valence electrons. The van der Waals surface area contributed by atoms with Crippen molar-refractivity contribution in [3.8, 4) is 5.75 Å². The lowest BCUT2D eigenvalue weighted by atomic mass is 10.2. The van der Waals surface area contributed by atoms with Crippen LogP contribution in [0.5, 0.6) is 5.75 Å². The van der Waals surface area contributed by atoms with E-state index in [2.05, 4.69) is 14.9 Å². The zero-order valence-electron chi connectivity index (χ0n) is 16.0. The average Bonchev–Trinajstić information content (AvgIpc) is 2.74. The topological polar surface area (TPSA) is 108 Å². The predicted octanol–water partition coefficient (Wildman–Crippen LogP) is 1.30. The minimum atomic E-state index is -3.93. The van der Waals surface area contributed by atoms with Crippen molar-refractivity contribution in [2.45, 2.75) is 17.4 Å². The summed E-state index contributed by atoms with van der Waals surface area (Å²) in [4.78, 5) is 13.8. The van der Waals surface area contributed by atoms with Crippen molar-refractivity contribution in [2.75, 3.05) is 37.7 Å². The maximum Gasteiger partial charge on any atom is 0.321 e. The largest absolute Gasteiger partial charge is 0.491 e. The van der Waals surface area contributed by atoms with E-state index in [1.807, 2.05) is 24.3 Å². The Balaban J connectivity index is 1.63. The third-order valence-electron chi connectivity index (χ3n) is 4.64. The quantitative estimate of drug-likeness (QED) is 0.562. The maximum absolute atomic E-state index is 12.4. The van der Waals surface area contributed by atoms with E-state index in [-0.39, 0.29) is 17.9 Å². The zero-order chi connectivity index (χ0) is 20.7. The monoisotopic (exact) mass is 419 g/mol. The molecule has 0 aliphatic carbocycles. The molecule has 0 spiro atoms. The zero-order valence-corrected chi connectivity index (χ0v) is 16.8. The smallest absolute Gasteiger partial charge is 0.321 e. The molecule has 0 saturated carbocycles. The molecule has 9 heteroatoms. The Bertz CT molecular complexity index is 915. The van der Waals surface area contributed by atoms with Gasteiger partial charge in [-0.3, -0.25) is 4.79 Å². The van der Waals surface area contributed by atoms with Gasteiger partial charge in [0.1, 0.15) is 11.8 Å². The van der Waals surface area contributed by atoms with E-state index in [0.29, 0.717) is 5.75 Å². The van der Waals surface area contributed by atoms with E-state index >= 15 is 0 Å². The molecule has 1 aliphatic rings. The second kappa shape index (κ2) is 9.73. The van der Waals surface area contributed by atoms with Crippen molar-refractivity contribution >= 4 is 21.7 Å². The van der Waals surface area contributed by atoms with E-state index < -0.39 is 22.0 Å². The fraction of sp³-hybridized carbons (Fsp3) is 0.350. The molecule has 1 heterocycles. The molecule has 0 unspecified atom stereocenters. The third-order valence-corrected chi connectivity index (χ3v) is 6.12. The number of benzene rings is 2. The maximum atomic E-state index is 12.4. The van der Waals surface area contributed by atoms with Gasteiger partial charge < -0.3 is 20.1 Å². The van der Waals surface area contributed by atoms with Crippen LogP contribution in [-0.2, 0) is 14.8 Å². The van der Waals surface area contributed by atoms with E-state index in [1.54, 1.807) is 18.2 Å². The molecule has 29 heavy (non-hydrogen) atoms. The van der Waals surface area contributed by atoms with Crippen LogP contribution in [-0.4, -0.2) is 58.3 Å². The first-order valence-corrected chi connectivity index (χ1v) is 10.9. The highest BCUT2D eigenvalue weighted by Crippen LogP contribution is 2.28. The van der Waals surface area contributed by atoms with Gasteiger partial charge in [-0.2, -0.15) is 4.72 Å². The molecular weight excluding hydrogens is 394 g/mol. The summed E-state index contributed by atoms with van der Waals surface area (Å²) in [5, 5.41) is 12.7. The SMILES string of the molecule is O=C(O)[C@H](CCOc1ccccc1N1CCNCC1)NS(=O)(=O)c1ccccc1. The minimum Gasteiger partial charge on any atom is -0.491 e. The first kappa shape index (κ1) is 21.1. The van der Waals surface area contributed by atoms with Crippen LogP contribution >= 0.6 is 0 Å². The van der Waals surface area contributed by atoms with Crippen LogP contribution < -0.4 is 19.7 Å². The van der Waals surface area contributed by atoms with E-state index in [1.165, 1.54) is 12.1 Å². The van der Waals surface area contributed by atoms with Gasteiger partial charge in [0.25, 0.3) is 0 Å². The molecule has 8 nitrogen and oxygen atoms in total. The highest BCUT2D eigenvalue weighted by molar-refractivity contribution is 7.89. The number of para-hydroxylation sites is 2. The van der Waals surface area contributed by atoms with Crippen LogP contribution in [0.3, 0.4) is 0 Å². The number of hydrogen-bond acceptors (Lipinski definition) is 6. The molecule has 1 fully saturated rings. The van der Waals surface area contributed by atoms with Crippen molar-refractivity contribution in [3.63, 3.8) is 0 Å². The number of rotatable bonds is 9. The molecule has 0 bridgehead atoms. The Morgan fingerprint density at radius 2 is 1.76 bits per heavy atom. The molecule has 1 aliphatic heterocycles. The van der Waals surface area contributed by atoms with Gasteiger partial charge >= 0.3 is 5.97 Å². The summed E-state index contributed by atoms with van der Waals surface area (Å²) < 4.78 is 32.9. The van der Waals surface area contributed by atoms with Crippen LogP contribution in [0.25, 0.3) is 0 Å². The molecule has 2 aromatic carbocycles. The molecule has 2 aromatic rings. The van der Waals surface area contributed by atoms with Crippen molar-refractivity contribution < 1.29 is 23.1 Å². The molecule has 3 rings (SSSR count). The summed E-state index contributed by atoms with van der Waals surface area (Å²) in [6, 6.07) is 14.0. The van der Waals surface area contributed by atoms with Crippen molar-refractivity contribution in [3.05, 3.63) is 54.6 Å². The van der Waals surface area contributed by atoms with Gasteiger partial charge in [0.05, 0.1) is 17.2 Å². The summed E-state index contributed by atoms with van der Waals surface area (Å²) in [5.74, 6) is -0.590. The van der Waals surface area contributed by atoms with Gasteiger partial charge in [-0.15, -0.1) is 0 Å². The lowest BCUT2D eigenvalue weighted by molar-refractivity contribution is -0.139. The summed E-state index contributed by atoms with van der Waals surface area (Å²) in [7, 11) is -3.93. The Labute approximate surface area is 170 Å². The first-order chi connectivity index (χ1) is 14.0. The van der Waals surface area contributed by atoms with Gasteiger partial charge in [0.15, 0.2) is 0 Å². The average molecular weight is 420 g/mol. The number of carboxylic acid groups (broad SMARTS) is 1. The van der Waals surface area contributed by atoms with Gasteiger partial charge in [-0.1, -0.05) is 30.3 Å². The molecule has 0 radical (unpaired) electrons. The van der Waals surface area contributed by atoms with E-state index in [9.17, 15) is 18.3 Å². The highest BCUT2D eigenvalue weighted by Gasteiger charge is 2.25. The molecule has 1 atom stereocenters. The van der Waals surface area contributed by atoms with E-state index in [4.69, 9.17) is 4.74 Å². The van der Waals surface area contributed by atoms with Crippen LogP contribution in [0.15, 0.2) is 59.5 Å². The van der Waals surface area contributed by atoms with Crippen LogP contribution in [0.4, 0.5) is 5.69 Å². The number of sulfonamides is 1. The Morgan fingerprint density at radius 3 is 2.45 bits per heavy atom. The van der Waals surface area contributed by atoms with Gasteiger partial charge in [0, 0.05) is 32.6 Å². The lowest BCUT2D eigenvalue weighted by Gasteiger charge is -2.30. The van der Waals surface area contributed by atoms with Crippen LogP contribution in [0.1, 0.15) is 6.42 Å². The standard InChI is InChI=1S/C20H25N3O5S/c24-20(25)17(22-29(26,27)16-6-2-1-3-7-16)10-15-28-19-9-5-4-8-18(19)23-13-11-21-12-14-23/h1-9,17,21-22H,10-15H2,(H,24,25)/t17-/m0/s1. The number of nitrogens with one attached hydrogen (secondary N) is 2. The molecule has 3 N–H and O–H groups in total. The first-order valence-electron chi connectivity index (χ1n) is 9.45. The number of nitrogens with zero attached hydrogens (tertiary/aromatic N) is 1. The van der Waals surface area contributed by atoms with Crippen molar-refractivity contribution in [1.29, 1.82) is 0 Å². The Kier molecular flexibility index (Phi) is 7.08. The minimum absolute atomic E-state index is 0.00269. The molecule has 0 amide bonds. The summed E-state index contributed by atoms with van der Waals surface area (Å²) in [6.45, 7) is 3.55. The fourth-order valence-corrected chi connectivity index (χ4v) is 4.37. The molecule has 1 saturated heterocycles. The number of piperazine rings is 1. The fourth-order valence-electron chi connectivity index (χ4n) is 3.12. The van der Waals surface area contributed by atoms with Gasteiger partial charge in [0.2, 0.25) is 10.0 Å². The van der Waals surface area contributed by atoms with Gasteiger partial charge in [-0.05, 0) is 24.3 Å². The summed E-state index contributed by atoms with van der Waals surface area (Å²) in [6.07, 6.45) is -0.00269. The number of carboxylic acids is 1. The van der Waals surface area contributed by atoms with Crippen LogP contribution in [0.2, 0.25) is 0 Å². The second-order valence-electron chi connectivity index (χ2n) is 6.67. The number of carbonyl (C=O) groups is 1. The highest BCUT2D eigenvalue weighted by atomic mass is 32.2. The molecular formula is C20H25N3O5S. The Morgan fingerprint density at radius 1 is 1.10 bits per heavy atom. The number of hydrogen-bond donors (Lipinski definition) is 3. The van der Waals surface area contributed by atoms with Crippen molar-refractivity contribution in [1.82, 2.24) is 10.0 Å². The summed E-state index contributed by atoms with van der Waals surface area (Å²) in [5.41, 5.74) is 0.950. The van der Waals surface area contributed by atoms with Crippen LogP contribution in [0, 0.1) is 0 Å². The van der Waals surface area contributed by atoms with Crippen molar-refractivity contribution in [2.24, 2.45) is 0 Å². The van der Waals surface area contributed by atoms with Gasteiger partial charge in [-0.25, -0.2) is 8.42 Å². The lowest BCUT2D eigenvalue weighted by Crippen LogP contribution is -2.43. The third kappa shape index (κ3) is 5.69. The number of ether oxygens (including phenoxy) is 1. The summed E-state index contributed by atoms with van der Waals surface area (Å²) >= 11 is 0. The Hall–Kier alpha value is -2.62. The normalized spacial score (nSPS) is 15.7. The molecule has 0 aromatic heterocycles.